The van der Waals surface area contributed by atoms with Crippen molar-refractivity contribution in [2.24, 2.45) is 5.92 Å². The molecule has 8 heteroatoms. The van der Waals surface area contributed by atoms with E-state index in [1.54, 1.807) is 0 Å². The molecule has 0 amide bonds. The third kappa shape index (κ3) is 3.07. The van der Waals surface area contributed by atoms with Crippen LogP contribution >= 0.6 is 0 Å². The van der Waals surface area contributed by atoms with Gasteiger partial charge >= 0.3 is 5.97 Å². The Morgan fingerprint density at radius 2 is 2.05 bits per heavy atom. The van der Waals surface area contributed by atoms with E-state index in [1.807, 2.05) is 25.9 Å². The molecule has 0 radical (unpaired) electrons. The maximum atomic E-state index is 12.5. The third-order valence-corrected chi connectivity index (χ3v) is 5.54. The molecule has 7 nitrogen and oxygen atoms in total. The Hall–Kier alpha value is -1.51. The molecule has 0 bridgehead atoms. The minimum absolute atomic E-state index is 0.0325. The molecule has 1 saturated heterocycles. The maximum Gasteiger partial charge on any atom is 0.337 e. The van der Waals surface area contributed by atoms with Crippen molar-refractivity contribution >= 4 is 16.0 Å². The van der Waals surface area contributed by atoms with Crippen molar-refractivity contribution in [2.75, 3.05) is 27.2 Å². The summed E-state index contributed by atoms with van der Waals surface area (Å²) in [6, 6.07) is 2.66. The fourth-order valence-corrected chi connectivity index (χ4v) is 4.04. The first kappa shape index (κ1) is 15.9. The predicted octanol–water partition coefficient (Wildman–Crippen LogP) is 0.350. The van der Waals surface area contributed by atoms with E-state index in [-0.39, 0.29) is 22.5 Å². The van der Waals surface area contributed by atoms with Crippen molar-refractivity contribution in [1.29, 1.82) is 0 Å². The summed E-state index contributed by atoms with van der Waals surface area (Å²) in [5, 5.41) is 8.70. The molecule has 2 heterocycles. The smallest absolute Gasteiger partial charge is 0.337 e. The summed E-state index contributed by atoms with van der Waals surface area (Å²) in [5.41, 5.74) is -0.0325. The van der Waals surface area contributed by atoms with E-state index in [2.05, 4.69) is 4.98 Å². The molecule has 1 aromatic rings. The number of carboxylic acid groups (broad SMARTS) is 1. The van der Waals surface area contributed by atoms with E-state index in [0.717, 1.165) is 6.20 Å². The van der Waals surface area contributed by atoms with Gasteiger partial charge in [0.15, 0.2) is 5.03 Å². The highest BCUT2D eigenvalue weighted by atomic mass is 32.2. The number of hydrogen-bond acceptors (Lipinski definition) is 5. The monoisotopic (exact) mass is 313 g/mol. The Labute approximate surface area is 124 Å². The summed E-state index contributed by atoms with van der Waals surface area (Å²) in [5.74, 6) is -0.901. The van der Waals surface area contributed by atoms with E-state index in [0.29, 0.717) is 13.1 Å². The van der Waals surface area contributed by atoms with Gasteiger partial charge in [-0.1, -0.05) is 6.92 Å². The van der Waals surface area contributed by atoms with Gasteiger partial charge in [-0.25, -0.2) is 18.2 Å². The Balaban J connectivity index is 2.25. The molecule has 1 fully saturated rings. The molecule has 2 unspecified atom stereocenters. The zero-order valence-electron chi connectivity index (χ0n) is 12.2. The molecule has 2 rings (SSSR count). The number of carboxylic acids is 1. The summed E-state index contributed by atoms with van der Waals surface area (Å²) < 4.78 is 26.5. The van der Waals surface area contributed by atoms with Crippen LogP contribution in [0.3, 0.4) is 0 Å². The Bertz CT molecular complexity index is 627. The van der Waals surface area contributed by atoms with Crippen molar-refractivity contribution < 1.29 is 18.3 Å². The van der Waals surface area contributed by atoms with Gasteiger partial charge in [0.1, 0.15) is 0 Å². The summed E-state index contributed by atoms with van der Waals surface area (Å²) >= 11 is 0. The van der Waals surface area contributed by atoms with Crippen LogP contribution in [0.1, 0.15) is 17.3 Å². The third-order valence-electron chi connectivity index (χ3n) is 3.79. The van der Waals surface area contributed by atoms with Crippen LogP contribution in [0.2, 0.25) is 0 Å². The molecule has 116 valence electrons. The lowest BCUT2D eigenvalue weighted by Crippen LogP contribution is -2.36. The number of hydrogen-bond donors (Lipinski definition) is 1. The van der Waals surface area contributed by atoms with Crippen molar-refractivity contribution in [3.63, 3.8) is 0 Å². The van der Waals surface area contributed by atoms with Crippen LogP contribution in [-0.4, -0.2) is 66.9 Å². The van der Waals surface area contributed by atoms with Gasteiger partial charge in [-0.05, 0) is 32.1 Å². The van der Waals surface area contributed by atoms with Gasteiger partial charge < -0.3 is 10.0 Å². The SMILES string of the molecule is CC1CN(S(=O)(=O)c2ccc(C(=O)O)cn2)CC1N(C)C. The van der Waals surface area contributed by atoms with Crippen LogP contribution in [0.25, 0.3) is 0 Å². The second kappa shape index (κ2) is 5.70. The van der Waals surface area contributed by atoms with Crippen molar-refractivity contribution in [2.45, 2.75) is 18.0 Å². The lowest BCUT2D eigenvalue weighted by Gasteiger charge is -2.22. The first-order valence-corrected chi connectivity index (χ1v) is 8.03. The normalized spacial score (nSPS) is 23.6. The van der Waals surface area contributed by atoms with E-state index in [1.165, 1.54) is 16.4 Å². The van der Waals surface area contributed by atoms with Crippen molar-refractivity contribution in [3.05, 3.63) is 23.9 Å². The van der Waals surface area contributed by atoms with Gasteiger partial charge in [-0.15, -0.1) is 0 Å². The van der Waals surface area contributed by atoms with Crippen LogP contribution in [0.5, 0.6) is 0 Å². The second-order valence-electron chi connectivity index (χ2n) is 5.52. The molecule has 0 spiro atoms. The van der Waals surface area contributed by atoms with Gasteiger partial charge in [0.05, 0.1) is 5.56 Å². The molecule has 1 aliphatic heterocycles. The van der Waals surface area contributed by atoms with Crippen LogP contribution in [0, 0.1) is 5.92 Å². The number of aromatic nitrogens is 1. The zero-order valence-corrected chi connectivity index (χ0v) is 13.0. The second-order valence-corrected chi connectivity index (χ2v) is 7.41. The predicted molar refractivity (Wildman–Crippen MR) is 76.6 cm³/mol. The first-order chi connectivity index (χ1) is 9.73. The van der Waals surface area contributed by atoms with Gasteiger partial charge in [-0.3, -0.25) is 0 Å². The minimum atomic E-state index is -3.68. The van der Waals surface area contributed by atoms with E-state index in [4.69, 9.17) is 5.11 Å². The number of rotatable bonds is 4. The van der Waals surface area contributed by atoms with E-state index in [9.17, 15) is 13.2 Å². The molecule has 21 heavy (non-hydrogen) atoms. The number of aromatic carboxylic acids is 1. The highest BCUT2D eigenvalue weighted by Crippen LogP contribution is 2.25. The topological polar surface area (TPSA) is 90.8 Å². The molecule has 2 atom stereocenters. The van der Waals surface area contributed by atoms with E-state index < -0.39 is 16.0 Å². The summed E-state index contributed by atoms with van der Waals surface area (Å²) in [4.78, 5) is 16.6. The maximum absolute atomic E-state index is 12.5. The Morgan fingerprint density at radius 3 is 2.48 bits per heavy atom. The summed E-state index contributed by atoms with van der Waals surface area (Å²) in [6.07, 6.45) is 1.07. The summed E-state index contributed by atoms with van der Waals surface area (Å²) in [7, 11) is 0.178. The molecule has 1 N–H and O–H groups in total. The highest BCUT2D eigenvalue weighted by Gasteiger charge is 2.38. The van der Waals surface area contributed by atoms with Gasteiger partial charge in [0, 0.05) is 25.3 Å². The molecule has 1 aliphatic rings. The van der Waals surface area contributed by atoms with Crippen molar-refractivity contribution in [3.8, 4) is 0 Å². The number of likely N-dealkylation sites (N-methyl/N-ethyl adjacent to an activating group) is 1. The van der Waals surface area contributed by atoms with Crippen LogP contribution in [-0.2, 0) is 10.0 Å². The minimum Gasteiger partial charge on any atom is -0.478 e. The van der Waals surface area contributed by atoms with E-state index >= 15 is 0 Å². The van der Waals surface area contributed by atoms with Crippen LogP contribution in [0.15, 0.2) is 23.4 Å². The van der Waals surface area contributed by atoms with Gasteiger partial charge in [0.25, 0.3) is 10.0 Å². The summed E-state index contributed by atoms with van der Waals surface area (Å²) in [6.45, 7) is 2.87. The zero-order chi connectivity index (χ0) is 15.8. The standard InChI is InChI=1S/C13H19N3O4S/c1-9-7-16(8-11(9)15(2)3)21(19,20)12-5-4-10(6-14-12)13(17)18/h4-6,9,11H,7-8H2,1-3H3,(H,17,18). The molecule has 0 aromatic carbocycles. The lowest BCUT2D eigenvalue weighted by atomic mass is 10.1. The number of sulfonamides is 1. The van der Waals surface area contributed by atoms with Gasteiger partial charge in [-0.2, -0.15) is 4.31 Å². The van der Waals surface area contributed by atoms with Gasteiger partial charge in [0.2, 0.25) is 0 Å². The van der Waals surface area contributed by atoms with Crippen LogP contribution < -0.4 is 0 Å². The fourth-order valence-electron chi connectivity index (χ4n) is 2.57. The Morgan fingerprint density at radius 1 is 1.38 bits per heavy atom. The molecular weight excluding hydrogens is 294 g/mol. The first-order valence-electron chi connectivity index (χ1n) is 6.59. The molecule has 0 aliphatic carbocycles. The molecule has 1 aromatic heterocycles. The number of nitrogens with zero attached hydrogens (tertiary/aromatic N) is 3. The Kier molecular flexibility index (Phi) is 4.31. The molecular formula is C13H19N3O4S. The fraction of sp³-hybridized carbons (Fsp3) is 0.538. The quantitative estimate of drug-likeness (QED) is 0.862. The number of pyridine rings is 1. The van der Waals surface area contributed by atoms with Crippen LogP contribution in [0.4, 0.5) is 0 Å². The lowest BCUT2D eigenvalue weighted by molar-refractivity contribution is 0.0696. The number of carbonyl (C=O) groups is 1. The average Bonchev–Trinajstić information content (AvgIpc) is 2.82. The highest BCUT2D eigenvalue weighted by molar-refractivity contribution is 7.89. The van der Waals surface area contributed by atoms with Crippen molar-refractivity contribution in [1.82, 2.24) is 14.2 Å². The average molecular weight is 313 g/mol. The largest absolute Gasteiger partial charge is 0.478 e. The molecule has 0 saturated carbocycles.